The molecule has 0 aliphatic heterocycles. The Labute approximate surface area is 166 Å². The molecule has 1 aromatic heterocycles. The van der Waals surface area contributed by atoms with Gasteiger partial charge >= 0.3 is 0 Å². The molecular weight excluding hydrogens is 383 g/mol. The van der Waals surface area contributed by atoms with Crippen LogP contribution >= 0.6 is 23.2 Å². The molecule has 3 aromatic rings. The predicted octanol–water partition coefficient (Wildman–Crippen LogP) is 5.51. The molecule has 1 heterocycles. The molecular formula is C21H16Cl2N2O2. The van der Waals surface area contributed by atoms with E-state index in [1.807, 2.05) is 30.3 Å². The maximum absolute atomic E-state index is 12.2. The summed E-state index contributed by atoms with van der Waals surface area (Å²) in [6.45, 7) is 0. The van der Waals surface area contributed by atoms with Gasteiger partial charge in [0.2, 0.25) is 5.91 Å². The first-order chi connectivity index (χ1) is 13.1. The van der Waals surface area contributed by atoms with E-state index in [2.05, 4.69) is 10.5 Å². The molecule has 27 heavy (non-hydrogen) atoms. The zero-order valence-electron chi connectivity index (χ0n) is 14.2. The van der Waals surface area contributed by atoms with Crippen LogP contribution in [0, 0.1) is 5.92 Å². The largest absolute Gasteiger partial charge is 0.455 e. The lowest BCUT2D eigenvalue weighted by atomic mass is 10.1. The van der Waals surface area contributed by atoms with Crippen LogP contribution in [-0.4, -0.2) is 12.1 Å². The molecule has 2 atom stereocenters. The van der Waals surface area contributed by atoms with Crippen LogP contribution in [0.1, 0.15) is 23.7 Å². The number of furan rings is 1. The van der Waals surface area contributed by atoms with E-state index in [1.165, 1.54) is 11.8 Å². The zero-order chi connectivity index (χ0) is 18.8. The number of rotatable bonds is 5. The van der Waals surface area contributed by atoms with Crippen LogP contribution in [0.4, 0.5) is 0 Å². The highest BCUT2D eigenvalue weighted by molar-refractivity contribution is 6.35. The summed E-state index contributed by atoms with van der Waals surface area (Å²) < 4.78 is 5.71. The molecule has 0 radical (unpaired) electrons. The highest BCUT2D eigenvalue weighted by Crippen LogP contribution is 2.47. The van der Waals surface area contributed by atoms with Gasteiger partial charge in [-0.3, -0.25) is 4.79 Å². The van der Waals surface area contributed by atoms with Gasteiger partial charge in [0.25, 0.3) is 0 Å². The Morgan fingerprint density at radius 2 is 1.93 bits per heavy atom. The summed E-state index contributed by atoms with van der Waals surface area (Å²) in [6.07, 6.45) is 2.32. The Hall–Kier alpha value is -2.56. The Kier molecular flexibility index (Phi) is 5.01. The van der Waals surface area contributed by atoms with E-state index in [4.69, 9.17) is 27.6 Å². The summed E-state index contributed by atoms with van der Waals surface area (Å²) in [5, 5.41) is 5.12. The lowest BCUT2D eigenvalue weighted by Gasteiger charge is -2.01. The van der Waals surface area contributed by atoms with Crippen molar-refractivity contribution in [3.63, 3.8) is 0 Å². The number of halogens is 2. The van der Waals surface area contributed by atoms with Gasteiger partial charge in [0.1, 0.15) is 11.5 Å². The van der Waals surface area contributed by atoms with Crippen LogP contribution in [0.5, 0.6) is 0 Å². The first kappa shape index (κ1) is 17.8. The molecule has 1 N–H and O–H groups in total. The SMILES string of the molecule is O=C(N/N=C\c1ccc(-c2cc(Cl)ccc2Cl)o1)[C@@H]1C[C@H]1c1ccccc1. The summed E-state index contributed by atoms with van der Waals surface area (Å²) in [6, 6.07) is 18.8. The Morgan fingerprint density at radius 3 is 2.74 bits per heavy atom. The summed E-state index contributed by atoms with van der Waals surface area (Å²) >= 11 is 12.2. The first-order valence-electron chi connectivity index (χ1n) is 8.55. The number of carbonyl (C=O) groups is 1. The molecule has 0 saturated heterocycles. The maximum atomic E-state index is 12.2. The van der Waals surface area contributed by atoms with E-state index >= 15 is 0 Å². The van der Waals surface area contributed by atoms with Gasteiger partial charge in [-0.1, -0.05) is 53.5 Å². The summed E-state index contributed by atoms with van der Waals surface area (Å²) in [7, 11) is 0. The van der Waals surface area contributed by atoms with Crippen LogP contribution < -0.4 is 5.43 Å². The van der Waals surface area contributed by atoms with Gasteiger partial charge in [-0.15, -0.1) is 0 Å². The zero-order valence-corrected chi connectivity index (χ0v) is 15.7. The normalized spacial score (nSPS) is 18.6. The van der Waals surface area contributed by atoms with Gasteiger partial charge in [-0.25, -0.2) is 5.43 Å². The van der Waals surface area contributed by atoms with Gasteiger partial charge in [0, 0.05) is 16.5 Å². The fourth-order valence-corrected chi connectivity index (χ4v) is 3.43. The molecule has 6 heteroatoms. The van der Waals surface area contributed by atoms with Crippen molar-refractivity contribution in [2.45, 2.75) is 12.3 Å². The molecule has 136 valence electrons. The lowest BCUT2D eigenvalue weighted by molar-refractivity contribution is -0.122. The number of carbonyl (C=O) groups excluding carboxylic acids is 1. The number of hydrogen-bond donors (Lipinski definition) is 1. The third-order valence-corrected chi connectivity index (χ3v) is 5.11. The monoisotopic (exact) mass is 398 g/mol. The average Bonchev–Trinajstić information content (AvgIpc) is 3.36. The Bertz CT molecular complexity index is 998. The summed E-state index contributed by atoms with van der Waals surface area (Å²) in [5.74, 6) is 1.27. The third-order valence-electron chi connectivity index (χ3n) is 4.54. The first-order valence-corrected chi connectivity index (χ1v) is 9.30. The second-order valence-corrected chi connectivity index (χ2v) is 7.26. The standard InChI is InChI=1S/C21H16Cl2N2O2/c22-14-6-8-19(23)18(10-14)20-9-7-15(27-20)12-24-25-21(26)17-11-16(17)13-4-2-1-3-5-13/h1-10,12,16-17H,11H2,(H,25,26)/b24-12-/t16-,17+/m0/s1. The van der Waals surface area contributed by atoms with Crippen molar-refractivity contribution >= 4 is 35.3 Å². The molecule has 1 saturated carbocycles. The highest BCUT2D eigenvalue weighted by Gasteiger charge is 2.43. The van der Waals surface area contributed by atoms with Crippen LogP contribution in [0.15, 0.2) is 70.2 Å². The van der Waals surface area contributed by atoms with Crippen molar-refractivity contribution in [3.05, 3.63) is 82.0 Å². The minimum Gasteiger partial charge on any atom is -0.455 e. The number of hydrazone groups is 1. The molecule has 1 fully saturated rings. The predicted molar refractivity (Wildman–Crippen MR) is 107 cm³/mol. The van der Waals surface area contributed by atoms with Crippen molar-refractivity contribution < 1.29 is 9.21 Å². The minimum atomic E-state index is -0.0789. The molecule has 1 amide bonds. The molecule has 0 unspecified atom stereocenters. The van der Waals surface area contributed by atoms with Gasteiger partial charge in [0.05, 0.1) is 11.2 Å². The quantitative estimate of drug-likeness (QED) is 0.455. The van der Waals surface area contributed by atoms with Gasteiger partial charge < -0.3 is 4.42 Å². The fraction of sp³-hybridized carbons (Fsp3) is 0.143. The van der Waals surface area contributed by atoms with Gasteiger partial charge in [-0.2, -0.15) is 5.10 Å². The topological polar surface area (TPSA) is 54.6 Å². The smallest absolute Gasteiger partial charge is 0.243 e. The number of amides is 1. The minimum absolute atomic E-state index is 0.0259. The van der Waals surface area contributed by atoms with E-state index in [9.17, 15) is 4.79 Å². The van der Waals surface area contributed by atoms with E-state index in [-0.39, 0.29) is 17.7 Å². The number of nitrogens with one attached hydrogen (secondary N) is 1. The van der Waals surface area contributed by atoms with Crippen LogP contribution in [0.3, 0.4) is 0 Å². The van der Waals surface area contributed by atoms with Crippen molar-refractivity contribution in [2.75, 3.05) is 0 Å². The van der Waals surface area contributed by atoms with Gasteiger partial charge in [-0.05, 0) is 48.2 Å². The van der Waals surface area contributed by atoms with E-state index < -0.39 is 0 Å². The molecule has 1 aliphatic carbocycles. The summed E-state index contributed by atoms with van der Waals surface area (Å²) in [5.41, 5.74) is 4.48. The van der Waals surface area contributed by atoms with Crippen molar-refractivity contribution in [3.8, 4) is 11.3 Å². The van der Waals surface area contributed by atoms with E-state index in [0.29, 0.717) is 27.1 Å². The van der Waals surface area contributed by atoms with Crippen LogP contribution in [0.25, 0.3) is 11.3 Å². The molecule has 1 aliphatic rings. The number of benzene rings is 2. The fourth-order valence-electron chi connectivity index (χ4n) is 3.05. The second-order valence-electron chi connectivity index (χ2n) is 6.42. The molecule has 2 aromatic carbocycles. The van der Waals surface area contributed by atoms with E-state index in [0.717, 1.165) is 6.42 Å². The molecule has 4 rings (SSSR count). The van der Waals surface area contributed by atoms with Crippen molar-refractivity contribution in [1.82, 2.24) is 5.43 Å². The molecule has 4 nitrogen and oxygen atoms in total. The van der Waals surface area contributed by atoms with Crippen LogP contribution in [-0.2, 0) is 4.79 Å². The number of nitrogens with zero attached hydrogens (tertiary/aromatic N) is 1. The van der Waals surface area contributed by atoms with E-state index in [1.54, 1.807) is 30.3 Å². The van der Waals surface area contributed by atoms with Crippen molar-refractivity contribution in [1.29, 1.82) is 0 Å². The third kappa shape index (κ3) is 4.07. The molecule has 0 bridgehead atoms. The Balaban J connectivity index is 1.36. The van der Waals surface area contributed by atoms with Gasteiger partial charge in [0.15, 0.2) is 0 Å². The van der Waals surface area contributed by atoms with Crippen molar-refractivity contribution in [2.24, 2.45) is 11.0 Å². The van der Waals surface area contributed by atoms with Crippen LogP contribution in [0.2, 0.25) is 10.0 Å². The Morgan fingerprint density at radius 1 is 1.11 bits per heavy atom. The average molecular weight is 399 g/mol. The maximum Gasteiger partial charge on any atom is 0.243 e. The highest BCUT2D eigenvalue weighted by atomic mass is 35.5. The second kappa shape index (κ2) is 7.59. The number of hydrogen-bond acceptors (Lipinski definition) is 3. The lowest BCUT2D eigenvalue weighted by Crippen LogP contribution is -2.20. The summed E-state index contributed by atoms with van der Waals surface area (Å²) in [4.78, 5) is 12.2. The molecule has 0 spiro atoms.